The molecule has 1 aliphatic rings. The lowest BCUT2D eigenvalue weighted by Gasteiger charge is -2.05. The van der Waals surface area contributed by atoms with Crippen LogP contribution < -0.4 is 0 Å². The second-order valence-electron chi connectivity index (χ2n) is 3.87. The summed E-state index contributed by atoms with van der Waals surface area (Å²) >= 11 is 0. The molecule has 6 heteroatoms. The molecule has 0 saturated heterocycles. The number of likely N-dealkylation sites (N-methyl/N-ethyl adjacent to an activating group) is 1. The number of benzene rings is 1. The molecule has 1 aromatic carbocycles. The average Bonchev–Trinajstić information content (AvgIpc) is 2.82. The second kappa shape index (κ2) is 6.51. The van der Waals surface area contributed by atoms with E-state index in [4.69, 9.17) is 4.74 Å². The van der Waals surface area contributed by atoms with Crippen molar-refractivity contribution in [2.24, 2.45) is 0 Å². The van der Waals surface area contributed by atoms with Crippen LogP contribution in [0.15, 0.2) is 29.2 Å². The average molecular weight is 271 g/mol. The molecule has 0 fully saturated rings. The predicted molar refractivity (Wildman–Crippen MR) is 66.8 cm³/mol. The first-order valence-corrected chi connectivity index (χ1v) is 7.06. The summed E-state index contributed by atoms with van der Waals surface area (Å²) < 4.78 is 38.3. The Morgan fingerprint density at radius 1 is 1.33 bits per heavy atom. The summed E-state index contributed by atoms with van der Waals surface area (Å²) in [4.78, 5) is -0.178. The van der Waals surface area contributed by atoms with Gasteiger partial charge in [-0.2, -0.15) is 0 Å². The molecule has 0 radical (unpaired) electrons. The topological polar surface area (TPSA) is 69.4 Å². The van der Waals surface area contributed by atoms with Gasteiger partial charge in [0.15, 0.2) is 13.2 Å². The normalized spacial score (nSPS) is 14.3. The van der Waals surface area contributed by atoms with Crippen LogP contribution in [0.3, 0.4) is 0 Å². The largest absolute Gasteiger partial charge is 0.744 e. The highest BCUT2D eigenvalue weighted by Crippen LogP contribution is 2.08. The zero-order valence-electron chi connectivity index (χ0n) is 10.5. The standard InChI is InChI=1S/C7H8O3S.C5H10NO/c1-6-2-4-7(5-3-6)11(8,9)10;1-2-6-3-4-7-5-6/h2-5H,1H3,(H,8,9,10);5H,2-4H2,1H3/q;+1/p-1. The fraction of sp³-hybridized carbons (Fsp3) is 0.417. The van der Waals surface area contributed by atoms with E-state index in [9.17, 15) is 13.0 Å². The molecule has 0 atom stereocenters. The molecule has 0 unspecified atom stereocenters. The van der Waals surface area contributed by atoms with Crippen molar-refractivity contribution in [3.63, 3.8) is 0 Å². The number of nitrogens with zero attached hydrogens (tertiary/aromatic N) is 1. The maximum Gasteiger partial charge on any atom is 0.324 e. The first-order chi connectivity index (χ1) is 8.43. The SMILES string of the molecule is CC[N+]1=COCC1.Cc1ccc(S(=O)(=O)[O-])cc1. The minimum Gasteiger partial charge on any atom is -0.744 e. The summed E-state index contributed by atoms with van der Waals surface area (Å²) in [5.41, 5.74) is 0.928. The molecule has 1 aliphatic heterocycles. The van der Waals surface area contributed by atoms with Crippen LogP contribution in [0.1, 0.15) is 12.5 Å². The smallest absolute Gasteiger partial charge is 0.324 e. The van der Waals surface area contributed by atoms with Crippen LogP contribution in [0.25, 0.3) is 0 Å². The van der Waals surface area contributed by atoms with Crippen molar-refractivity contribution in [1.29, 1.82) is 0 Å². The monoisotopic (exact) mass is 271 g/mol. The van der Waals surface area contributed by atoms with E-state index in [2.05, 4.69) is 11.5 Å². The van der Waals surface area contributed by atoms with Gasteiger partial charge in [-0.25, -0.2) is 13.0 Å². The van der Waals surface area contributed by atoms with Crippen molar-refractivity contribution in [2.45, 2.75) is 18.7 Å². The Hall–Kier alpha value is -1.40. The van der Waals surface area contributed by atoms with Gasteiger partial charge in [0.05, 0.1) is 4.90 Å². The van der Waals surface area contributed by atoms with E-state index in [0.29, 0.717) is 0 Å². The first-order valence-electron chi connectivity index (χ1n) is 5.65. The van der Waals surface area contributed by atoms with Gasteiger partial charge in [0, 0.05) is 0 Å². The molecule has 18 heavy (non-hydrogen) atoms. The lowest BCUT2D eigenvalue weighted by Crippen LogP contribution is -2.07. The first kappa shape index (κ1) is 14.7. The van der Waals surface area contributed by atoms with Crippen LogP contribution >= 0.6 is 0 Å². The highest BCUT2D eigenvalue weighted by Gasteiger charge is 2.06. The molecule has 1 aromatic rings. The fourth-order valence-electron chi connectivity index (χ4n) is 1.32. The van der Waals surface area contributed by atoms with Crippen LogP contribution in [0.2, 0.25) is 0 Å². The van der Waals surface area contributed by atoms with E-state index in [0.717, 1.165) is 25.3 Å². The number of aryl methyl sites for hydroxylation is 1. The Morgan fingerprint density at radius 2 is 1.94 bits per heavy atom. The Balaban J connectivity index is 0.000000199. The van der Waals surface area contributed by atoms with Crippen molar-refractivity contribution in [3.8, 4) is 0 Å². The second-order valence-corrected chi connectivity index (χ2v) is 5.25. The third-order valence-corrected chi connectivity index (χ3v) is 3.29. The van der Waals surface area contributed by atoms with Gasteiger partial charge in [0.1, 0.15) is 16.7 Å². The van der Waals surface area contributed by atoms with Crippen molar-refractivity contribution < 1.29 is 22.3 Å². The molecule has 0 amide bonds. The summed E-state index contributed by atoms with van der Waals surface area (Å²) in [5.74, 6) is 0. The summed E-state index contributed by atoms with van der Waals surface area (Å²) in [7, 11) is -4.27. The van der Waals surface area contributed by atoms with Crippen molar-refractivity contribution in [2.75, 3.05) is 19.7 Å². The molecule has 0 aliphatic carbocycles. The molecule has 1 heterocycles. The minimum absolute atomic E-state index is 0.178. The number of hydrogen-bond acceptors (Lipinski definition) is 4. The van der Waals surface area contributed by atoms with Gasteiger partial charge in [-0.15, -0.1) is 0 Å². The lowest BCUT2D eigenvalue weighted by atomic mass is 10.2. The summed E-state index contributed by atoms with van der Waals surface area (Å²) in [6.45, 7) is 6.94. The van der Waals surface area contributed by atoms with Crippen LogP contribution in [0.4, 0.5) is 0 Å². The minimum atomic E-state index is -4.27. The zero-order valence-corrected chi connectivity index (χ0v) is 11.3. The van der Waals surface area contributed by atoms with Crippen molar-refractivity contribution in [1.82, 2.24) is 0 Å². The van der Waals surface area contributed by atoms with Gasteiger partial charge in [0.2, 0.25) is 0 Å². The van der Waals surface area contributed by atoms with E-state index in [1.807, 2.05) is 6.92 Å². The molecule has 0 N–H and O–H groups in total. The van der Waals surface area contributed by atoms with E-state index < -0.39 is 10.1 Å². The van der Waals surface area contributed by atoms with Gasteiger partial charge < -0.3 is 9.29 Å². The summed E-state index contributed by atoms with van der Waals surface area (Å²) in [6, 6.07) is 5.78. The maximum absolute atomic E-state index is 10.4. The van der Waals surface area contributed by atoms with Crippen LogP contribution in [-0.2, 0) is 14.9 Å². The Bertz CT molecular complexity index is 505. The molecule has 2 rings (SSSR count). The number of hydrogen-bond donors (Lipinski definition) is 0. The van der Waals surface area contributed by atoms with Gasteiger partial charge in [-0.3, -0.25) is 0 Å². The lowest BCUT2D eigenvalue weighted by molar-refractivity contribution is -0.510. The van der Waals surface area contributed by atoms with Gasteiger partial charge >= 0.3 is 6.40 Å². The molecule has 0 bridgehead atoms. The molecular weight excluding hydrogens is 254 g/mol. The third kappa shape index (κ3) is 4.85. The summed E-state index contributed by atoms with van der Waals surface area (Å²) in [6.07, 6.45) is 1.79. The van der Waals surface area contributed by atoms with Crippen LogP contribution in [0.5, 0.6) is 0 Å². The molecule has 0 spiro atoms. The quantitative estimate of drug-likeness (QED) is 0.594. The Morgan fingerprint density at radius 3 is 2.28 bits per heavy atom. The zero-order chi connectivity index (χ0) is 13.6. The van der Waals surface area contributed by atoms with Crippen molar-refractivity contribution >= 4 is 16.5 Å². The highest BCUT2D eigenvalue weighted by atomic mass is 32.2. The van der Waals surface area contributed by atoms with Gasteiger partial charge in [0.25, 0.3) is 0 Å². The fourth-order valence-corrected chi connectivity index (χ4v) is 1.79. The van der Waals surface area contributed by atoms with E-state index >= 15 is 0 Å². The number of rotatable bonds is 2. The third-order valence-electron chi connectivity index (χ3n) is 2.44. The molecule has 5 nitrogen and oxygen atoms in total. The molecule has 0 saturated carbocycles. The van der Waals surface area contributed by atoms with Crippen LogP contribution in [0, 0.1) is 6.92 Å². The van der Waals surface area contributed by atoms with Crippen molar-refractivity contribution in [3.05, 3.63) is 29.8 Å². The Kier molecular flexibility index (Phi) is 5.30. The molecule has 0 aromatic heterocycles. The molecule has 100 valence electrons. The van der Waals surface area contributed by atoms with Crippen LogP contribution in [-0.4, -0.2) is 43.6 Å². The highest BCUT2D eigenvalue weighted by molar-refractivity contribution is 7.85. The van der Waals surface area contributed by atoms with E-state index in [1.165, 1.54) is 12.1 Å². The van der Waals surface area contributed by atoms with Gasteiger partial charge in [-0.05, 0) is 26.0 Å². The molecular formula is C12H17NO4S. The maximum atomic E-state index is 10.4. The van der Waals surface area contributed by atoms with E-state index in [1.54, 1.807) is 18.5 Å². The Labute approximate surface area is 107 Å². The summed E-state index contributed by atoms with van der Waals surface area (Å²) in [5, 5.41) is 0. The number of ether oxygens (including phenoxy) is 1. The predicted octanol–water partition coefficient (Wildman–Crippen LogP) is 0.976. The van der Waals surface area contributed by atoms with E-state index in [-0.39, 0.29) is 4.90 Å². The van der Waals surface area contributed by atoms with Gasteiger partial charge in [-0.1, -0.05) is 17.7 Å².